The van der Waals surface area contributed by atoms with Crippen molar-refractivity contribution >= 4 is 20.9 Å². The maximum atomic E-state index is 13.3. The first-order valence-electron chi connectivity index (χ1n) is 7.28. The highest BCUT2D eigenvalue weighted by molar-refractivity contribution is 7.89. The van der Waals surface area contributed by atoms with Crippen LogP contribution in [0, 0.1) is 12.7 Å². The van der Waals surface area contributed by atoms with E-state index < -0.39 is 10.0 Å². The number of rotatable bonds is 5. The minimum absolute atomic E-state index is 0.250. The van der Waals surface area contributed by atoms with E-state index in [1.165, 1.54) is 12.1 Å². The molecular weight excluding hydrogens is 315 g/mol. The molecule has 1 aromatic heterocycles. The summed E-state index contributed by atoms with van der Waals surface area (Å²) in [6, 6.07) is 11.4. The fraction of sp³-hybridized carbons (Fsp3) is 0.176. The summed E-state index contributed by atoms with van der Waals surface area (Å²) >= 11 is 0. The molecule has 120 valence electrons. The molecule has 0 aliphatic heterocycles. The fourth-order valence-corrected chi connectivity index (χ4v) is 3.89. The molecule has 0 radical (unpaired) electrons. The van der Waals surface area contributed by atoms with Crippen LogP contribution in [-0.4, -0.2) is 19.9 Å². The van der Waals surface area contributed by atoms with Crippen molar-refractivity contribution in [3.63, 3.8) is 0 Å². The number of nitrogens with one attached hydrogen (secondary N) is 2. The average Bonchev–Trinajstić information content (AvgIpc) is 2.90. The van der Waals surface area contributed by atoms with Crippen LogP contribution in [0.15, 0.2) is 53.6 Å². The molecule has 6 heteroatoms. The highest BCUT2D eigenvalue weighted by Crippen LogP contribution is 2.20. The SMILES string of the molecule is Cc1ccccc1S(=O)(=O)NCCc1c[nH]c2ccc(F)cc12. The molecule has 4 nitrogen and oxygen atoms in total. The smallest absolute Gasteiger partial charge is 0.240 e. The van der Waals surface area contributed by atoms with Crippen molar-refractivity contribution in [2.75, 3.05) is 6.54 Å². The Morgan fingerprint density at radius 2 is 1.96 bits per heavy atom. The molecular formula is C17H17FN2O2S. The first-order valence-corrected chi connectivity index (χ1v) is 8.76. The third kappa shape index (κ3) is 3.28. The topological polar surface area (TPSA) is 62.0 Å². The maximum absolute atomic E-state index is 13.3. The zero-order valence-electron chi connectivity index (χ0n) is 12.6. The van der Waals surface area contributed by atoms with Gasteiger partial charge in [0.15, 0.2) is 0 Å². The molecule has 0 atom stereocenters. The lowest BCUT2D eigenvalue weighted by atomic mass is 10.1. The van der Waals surface area contributed by atoms with Gasteiger partial charge in [-0.3, -0.25) is 0 Å². The highest BCUT2D eigenvalue weighted by Gasteiger charge is 2.15. The molecule has 3 aromatic rings. The molecule has 0 saturated carbocycles. The van der Waals surface area contributed by atoms with Gasteiger partial charge in [0.05, 0.1) is 4.90 Å². The Morgan fingerprint density at radius 3 is 2.74 bits per heavy atom. The van der Waals surface area contributed by atoms with Crippen molar-refractivity contribution in [3.05, 3.63) is 65.6 Å². The molecule has 0 fully saturated rings. The quantitative estimate of drug-likeness (QED) is 0.754. The van der Waals surface area contributed by atoms with Crippen molar-refractivity contribution < 1.29 is 12.8 Å². The van der Waals surface area contributed by atoms with Crippen LogP contribution in [0.1, 0.15) is 11.1 Å². The van der Waals surface area contributed by atoms with Crippen LogP contribution in [0.25, 0.3) is 10.9 Å². The number of aromatic nitrogens is 1. The third-order valence-corrected chi connectivity index (χ3v) is 5.42. The lowest BCUT2D eigenvalue weighted by Gasteiger charge is -2.08. The molecule has 2 aromatic carbocycles. The summed E-state index contributed by atoms with van der Waals surface area (Å²) in [6.45, 7) is 2.01. The van der Waals surface area contributed by atoms with Gasteiger partial charge in [0.25, 0.3) is 0 Å². The normalized spacial score (nSPS) is 11.9. The molecule has 2 N–H and O–H groups in total. The number of hydrogen-bond donors (Lipinski definition) is 2. The Labute approximate surface area is 134 Å². The average molecular weight is 332 g/mol. The number of hydrogen-bond acceptors (Lipinski definition) is 2. The number of aryl methyl sites for hydroxylation is 1. The predicted octanol–water partition coefficient (Wildman–Crippen LogP) is 3.14. The molecule has 3 rings (SSSR count). The summed E-state index contributed by atoms with van der Waals surface area (Å²) in [4.78, 5) is 3.34. The van der Waals surface area contributed by atoms with Gasteiger partial charge in [-0.25, -0.2) is 17.5 Å². The summed E-state index contributed by atoms with van der Waals surface area (Å²) in [5.41, 5.74) is 2.42. The Bertz CT molecular complexity index is 948. The molecule has 0 saturated heterocycles. The number of H-pyrrole nitrogens is 1. The maximum Gasteiger partial charge on any atom is 0.240 e. The van der Waals surface area contributed by atoms with Crippen molar-refractivity contribution in [1.82, 2.24) is 9.71 Å². The second-order valence-electron chi connectivity index (χ2n) is 5.42. The van der Waals surface area contributed by atoms with Crippen molar-refractivity contribution in [2.24, 2.45) is 0 Å². The van der Waals surface area contributed by atoms with Gasteiger partial charge in [0, 0.05) is 23.6 Å². The minimum atomic E-state index is -3.54. The van der Waals surface area contributed by atoms with E-state index >= 15 is 0 Å². The summed E-state index contributed by atoms with van der Waals surface area (Å²) in [7, 11) is -3.54. The molecule has 23 heavy (non-hydrogen) atoms. The molecule has 0 amide bonds. The van der Waals surface area contributed by atoms with Crippen molar-refractivity contribution in [2.45, 2.75) is 18.2 Å². The second-order valence-corrected chi connectivity index (χ2v) is 7.15. The van der Waals surface area contributed by atoms with Gasteiger partial charge in [-0.05, 0) is 48.7 Å². The standard InChI is InChI=1S/C17H17FN2O2S/c1-12-4-2-3-5-17(12)23(21,22)20-9-8-13-11-19-16-7-6-14(18)10-15(13)16/h2-7,10-11,19-20H,8-9H2,1H3. The van der Waals surface area contributed by atoms with Crippen LogP contribution < -0.4 is 4.72 Å². The van der Waals surface area contributed by atoms with Crippen LogP contribution >= 0.6 is 0 Å². The Balaban J connectivity index is 1.74. The van der Waals surface area contributed by atoms with E-state index in [1.54, 1.807) is 43.5 Å². The van der Waals surface area contributed by atoms with Crippen LogP contribution in [-0.2, 0) is 16.4 Å². The number of aromatic amines is 1. The molecule has 0 spiro atoms. The summed E-state index contributed by atoms with van der Waals surface area (Å²) in [6.07, 6.45) is 2.26. The Morgan fingerprint density at radius 1 is 1.17 bits per heavy atom. The first kappa shape index (κ1) is 15.7. The fourth-order valence-electron chi connectivity index (χ4n) is 2.61. The van der Waals surface area contributed by atoms with Crippen LogP contribution in [0.5, 0.6) is 0 Å². The molecule has 1 heterocycles. The van der Waals surface area contributed by atoms with Crippen LogP contribution in [0.4, 0.5) is 4.39 Å². The largest absolute Gasteiger partial charge is 0.361 e. The van der Waals surface area contributed by atoms with E-state index in [-0.39, 0.29) is 17.3 Å². The van der Waals surface area contributed by atoms with Crippen molar-refractivity contribution in [3.8, 4) is 0 Å². The van der Waals surface area contributed by atoms with Gasteiger partial charge >= 0.3 is 0 Å². The lowest BCUT2D eigenvalue weighted by Crippen LogP contribution is -2.26. The van der Waals surface area contributed by atoms with Gasteiger partial charge in [-0.15, -0.1) is 0 Å². The van der Waals surface area contributed by atoms with E-state index in [1.807, 2.05) is 0 Å². The van der Waals surface area contributed by atoms with Gasteiger partial charge in [0.1, 0.15) is 5.82 Å². The number of fused-ring (bicyclic) bond motifs is 1. The Hall–Kier alpha value is -2.18. The predicted molar refractivity (Wildman–Crippen MR) is 88.3 cm³/mol. The number of halogens is 1. The van der Waals surface area contributed by atoms with E-state index in [9.17, 15) is 12.8 Å². The van der Waals surface area contributed by atoms with Gasteiger partial charge < -0.3 is 4.98 Å². The molecule has 0 bridgehead atoms. The summed E-state index contributed by atoms with van der Waals surface area (Å²) in [5.74, 6) is -0.307. The lowest BCUT2D eigenvalue weighted by molar-refractivity contribution is 0.581. The highest BCUT2D eigenvalue weighted by atomic mass is 32.2. The van der Waals surface area contributed by atoms with Gasteiger partial charge in [-0.1, -0.05) is 18.2 Å². The summed E-state index contributed by atoms with van der Waals surface area (Å²) in [5, 5.41) is 0.778. The zero-order chi connectivity index (χ0) is 16.4. The zero-order valence-corrected chi connectivity index (χ0v) is 13.5. The monoisotopic (exact) mass is 332 g/mol. The molecule has 0 unspecified atom stereocenters. The third-order valence-electron chi connectivity index (χ3n) is 3.80. The number of benzene rings is 2. The van der Waals surface area contributed by atoms with E-state index in [2.05, 4.69) is 9.71 Å². The van der Waals surface area contributed by atoms with Crippen molar-refractivity contribution in [1.29, 1.82) is 0 Å². The number of sulfonamides is 1. The van der Waals surface area contributed by atoms with Gasteiger partial charge in [-0.2, -0.15) is 0 Å². The minimum Gasteiger partial charge on any atom is -0.361 e. The Kier molecular flexibility index (Phi) is 4.19. The molecule has 0 aliphatic rings. The second kappa shape index (κ2) is 6.14. The van der Waals surface area contributed by atoms with E-state index in [0.29, 0.717) is 12.0 Å². The van der Waals surface area contributed by atoms with E-state index in [0.717, 1.165) is 16.5 Å². The van der Waals surface area contributed by atoms with E-state index in [4.69, 9.17) is 0 Å². The summed E-state index contributed by atoms with van der Waals surface area (Å²) < 4.78 is 40.6. The van der Waals surface area contributed by atoms with Crippen LogP contribution in [0.3, 0.4) is 0 Å². The first-order chi connectivity index (χ1) is 11.0. The molecule has 0 aliphatic carbocycles. The van der Waals surface area contributed by atoms with Crippen LogP contribution in [0.2, 0.25) is 0 Å². The van der Waals surface area contributed by atoms with Gasteiger partial charge in [0.2, 0.25) is 10.0 Å².